The van der Waals surface area contributed by atoms with Gasteiger partial charge in [-0.25, -0.2) is 8.42 Å². The van der Waals surface area contributed by atoms with Crippen LogP contribution in [0.25, 0.3) is 0 Å². The highest BCUT2D eigenvalue weighted by atomic mass is 79.9. The van der Waals surface area contributed by atoms with Crippen molar-refractivity contribution in [3.63, 3.8) is 0 Å². The van der Waals surface area contributed by atoms with Gasteiger partial charge < -0.3 is 10.2 Å². The van der Waals surface area contributed by atoms with Crippen molar-refractivity contribution in [2.45, 2.75) is 59.2 Å². The zero-order chi connectivity index (χ0) is 29.4. The number of para-hydroxylation sites is 1. The van der Waals surface area contributed by atoms with Crippen molar-refractivity contribution < 1.29 is 18.0 Å². The minimum absolute atomic E-state index is 0.0856. The zero-order valence-corrected chi connectivity index (χ0v) is 26.1. The molecule has 7 nitrogen and oxygen atoms in total. The normalized spacial score (nSPS) is 12.8. The summed E-state index contributed by atoms with van der Waals surface area (Å²) in [7, 11) is -3.82. The van der Waals surface area contributed by atoms with Crippen LogP contribution in [0, 0.1) is 13.8 Å². The van der Waals surface area contributed by atoms with Crippen LogP contribution in [0.5, 0.6) is 0 Å². The Morgan fingerprint density at radius 1 is 0.900 bits per heavy atom. The topological polar surface area (TPSA) is 86.8 Å². The minimum Gasteiger partial charge on any atom is -0.352 e. The molecule has 2 amide bonds. The Balaban J connectivity index is 2.09. The Morgan fingerprint density at radius 3 is 2.05 bits per heavy atom. The fourth-order valence-corrected chi connectivity index (χ4v) is 5.79. The van der Waals surface area contributed by atoms with E-state index in [1.165, 1.54) is 4.90 Å². The van der Waals surface area contributed by atoms with E-state index in [4.69, 9.17) is 0 Å². The molecule has 3 aromatic carbocycles. The van der Waals surface area contributed by atoms with E-state index in [0.29, 0.717) is 5.69 Å². The number of nitrogens with zero attached hydrogens (tertiary/aromatic N) is 2. The van der Waals surface area contributed by atoms with Gasteiger partial charge in [0.2, 0.25) is 21.8 Å². The van der Waals surface area contributed by atoms with Gasteiger partial charge >= 0.3 is 0 Å². The Labute approximate surface area is 246 Å². The first-order valence-corrected chi connectivity index (χ1v) is 16.0. The molecule has 0 heterocycles. The van der Waals surface area contributed by atoms with Crippen molar-refractivity contribution in [1.29, 1.82) is 0 Å². The smallest absolute Gasteiger partial charge is 0.244 e. The number of rotatable bonds is 12. The second-order valence-corrected chi connectivity index (χ2v) is 13.0. The zero-order valence-electron chi connectivity index (χ0n) is 23.7. The summed E-state index contributed by atoms with van der Waals surface area (Å²) in [5, 5.41) is 3.04. The lowest BCUT2D eigenvalue weighted by Gasteiger charge is -2.34. The highest BCUT2D eigenvalue weighted by Gasteiger charge is 2.34. The fraction of sp³-hybridized carbons (Fsp3) is 0.355. The highest BCUT2D eigenvalue weighted by molar-refractivity contribution is 9.10. The fourth-order valence-electron chi connectivity index (χ4n) is 4.56. The van der Waals surface area contributed by atoms with Crippen LogP contribution >= 0.6 is 15.9 Å². The number of carbonyl (C=O) groups excluding carboxylic acids is 2. The lowest BCUT2D eigenvalue weighted by molar-refractivity contribution is -0.140. The van der Waals surface area contributed by atoms with Gasteiger partial charge in [0, 0.05) is 23.5 Å². The third-order valence-electron chi connectivity index (χ3n) is 6.91. The van der Waals surface area contributed by atoms with E-state index in [0.717, 1.165) is 43.7 Å². The number of anilines is 1. The van der Waals surface area contributed by atoms with Crippen molar-refractivity contribution in [2.24, 2.45) is 0 Å². The standard InChI is InChI=1S/C31H38BrN3O4S/c1-6-24(4)33-31(37)28(19-25-13-8-7-9-14-25)34(20-26-15-17-27(32)18-16-26)29(36)21-35(40(5,38)39)30-22(2)11-10-12-23(30)3/h7-18,24,28H,6,19-21H2,1-5H3,(H,33,37)/t24-,28-/m0/s1. The first-order valence-electron chi connectivity index (χ1n) is 13.3. The number of hydrogen-bond acceptors (Lipinski definition) is 4. The summed E-state index contributed by atoms with van der Waals surface area (Å²) in [5.41, 5.74) is 3.69. The molecule has 0 aliphatic heterocycles. The van der Waals surface area contributed by atoms with Gasteiger partial charge in [-0.15, -0.1) is 0 Å². The molecule has 0 spiro atoms. The summed E-state index contributed by atoms with van der Waals surface area (Å²) >= 11 is 3.45. The molecule has 3 rings (SSSR count). The molecule has 3 aromatic rings. The molecule has 214 valence electrons. The predicted octanol–water partition coefficient (Wildman–Crippen LogP) is 5.39. The van der Waals surface area contributed by atoms with Crippen molar-refractivity contribution in [2.75, 3.05) is 17.1 Å². The maximum atomic E-state index is 14.2. The quantitative estimate of drug-likeness (QED) is 0.292. The Kier molecular flexibility index (Phi) is 10.9. The number of halogens is 1. The van der Waals surface area contributed by atoms with E-state index in [1.54, 1.807) is 0 Å². The summed E-state index contributed by atoms with van der Waals surface area (Å²) in [5.74, 6) is -0.738. The first-order chi connectivity index (χ1) is 18.9. The second kappa shape index (κ2) is 13.9. The van der Waals surface area contributed by atoms with Gasteiger partial charge in [-0.1, -0.05) is 83.5 Å². The molecule has 0 aliphatic rings. The van der Waals surface area contributed by atoms with Crippen LogP contribution in [-0.4, -0.2) is 50.0 Å². The molecule has 0 saturated carbocycles. The number of amides is 2. The van der Waals surface area contributed by atoms with E-state index < -0.39 is 28.5 Å². The van der Waals surface area contributed by atoms with E-state index in [-0.39, 0.29) is 24.9 Å². The lowest BCUT2D eigenvalue weighted by atomic mass is 10.0. The highest BCUT2D eigenvalue weighted by Crippen LogP contribution is 2.27. The van der Waals surface area contributed by atoms with Crippen LogP contribution in [0.4, 0.5) is 5.69 Å². The number of carbonyl (C=O) groups is 2. The molecule has 0 saturated heterocycles. The monoisotopic (exact) mass is 627 g/mol. The van der Waals surface area contributed by atoms with Crippen molar-refractivity contribution in [1.82, 2.24) is 10.2 Å². The van der Waals surface area contributed by atoms with Gasteiger partial charge in [-0.3, -0.25) is 13.9 Å². The van der Waals surface area contributed by atoms with Gasteiger partial charge in [-0.2, -0.15) is 0 Å². The van der Waals surface area contributed by atoms with Gasteiger partial charge in [0.15, 0.2) is 0 Å². The molecule has 0 bridgehead atoms. The molecule has 0 unspecified atom stereocenters. The summed E-state index contributed by atoms with van der Waals surface area (Å²) < 4.78 is 28.1. The Bertz CT molecular complexity index is 1390. The lowest BCUT2D eigenvalue weighted by Crippen LogP contribution is -2.54. The Morgan fingerprint density at radius 2 is 1.50 bits per heavy atom. The third kappa shape index (κ3) is 8.41. The van der Waals surface area contributed by atoms with Gasteiger partial charge in [0.1, 0.15) is 12.6 Å². The first kappa shape index (κ1) is 31.4. The van der Waals surface area contributed by atoms with E-state index in [2.05, 4.69) is 21.2 Å². The van der Waals surface area contributed by atoms with Crippen molar-refractivity contribution in [3.8, 4) is 0 Å². The molecular formula is C31H38BrN3O4S. The van der Waals surface area contributed by atoms with Gasteiger partial charge in [0.25, 0.3) is 0 Å². The van der Waals surface area contributed by atoms with E-state index >= 15 is 0 Å². The number of hydrogen-bond donors (Lipinski definition) is 1. The largest absolute Gasteiger partial charge is 0.352 e. The summed E-state index contributed by atoms with van der Waals surface area (Å²) in [6.45, 7) is 7.26. The number of sulfonamides is 1. The van der Waals surface area contributed by atoms with Crippen LogP contribution in [0.15, 0.2) is 77.3 Å². The van der Waals surface area contributed by atoms with Crippen molar-refractivity contribution in [3.05, 3.63) is 99.5 Å². The predicted molar refractivity (Wildman–Crippen MR) is 165 cm³/mol. The van der Waals surface area contributed by atoms with Gasteiger partial charge in [-0.05, 0) is 61.6 Å². The van der Waals surface area contributed by atoms with Crippen LogP contribution in [0.1, 0.15) is 42.5 Å². The number of aryl methyl sites for hydroxylation is 2. The molecule has 1 N–H and O–H groups in total. The maximum Gasteiger partial charge on any atom is 0.244 e. The van der Waals surface area contributed by atoms with Crippen molar-refractivity contribution >= 4 is 43.5 Å². The molecular weight excluding hydrogens is 590 g/mol. The molecule has 2 atom stereocenters. The summed E-state index contributed by atoms with van der Waals surface area (Å²) in [6.07, 6.45) is 2.12. The Hall–Kier alpha value is -3.17. The average molecular weight is 629 g/mol. The summed E-state index contributed by atoms with van der Waals surface area (Å²) in [4.78, 5) is 29.4. The van der Waals surface area contributed by atoms with Crippen LogP contribution in [0.3, 0.4) is 0 Å². The van der Waals surface area contributed by atoms with Crippen LogP contribution in [0.2, 0.25) is 0 Å². The molecule has 0 radical (unpaired) electrons. The second-order valence-electron chi connectivity index (χ2n) is 10.2. The summed E-state index contributed by atoms with van der Waals surface area (Å²) in [6, 6.07) is 21.6. The maximum absolute atomic E-state index is 14.2. The molecule has 40 heavy (non-hydrogen) atoms. The van der Waals surface area contributed by atoms with E-state index in [9.17, 15) is 18.0 Å². The van der Waals surface area contributed by atoms with Gasteiger partial charge in [0.05, 0.1) is 11.9 Å². The molecule has 0 fully saturated rings. The van der Waals surface area contributed by atoms with Crippen LogP contribution < -0.4 is 9.62 Å². The molecule has 9 heteroatoms. The third-order valence-corrected chi connectivity index (χ3v) is 8.55. The number of nitrogens with one attached hydrogen (secondary N) is 1. The van der Waals surface area contributed by atoms with Crippen LogP contribution in [-0.2, 0) is 32.6 Å². The number of benzene rings is 3. The SMILES string of the molecule is CC[C@H](C)NC(=O)[C@H](Cc1ccccc1)N(Cc1ccc(Br)cc1)C(=O)CN(c1c(C)cccc1C)S(C)(=O)=O. The molecule has 0 aliphatic carbocycles. The minimum atomic E-state index is -3.82. The van der Waals surface area contributed by atoms with E-state index in [1.807, 2.05) is 100 Å². The average Bonchev–Trinajstić information content (AvgIpc) is 2.90. The molecule has 0 aromatic heterocycles.